The summed E-state index contributed by atoms with van der Waals surface area (Å²) in [6.45, 7) is 8.14. The maximum absolute atomic E-state index is 12.9. The Labute approximate surface area is 144 Å². The largest absolute Gasteiger partial charge is 0.416 e. The summed E-state index contributed by atoms with van der Waals surface area (Å²) in [4.78, 5) is 14.2. The number of imidazole rings is 1. The van der Waals surface area contributed by atoms with Gasteiger partial charge in [0, 0.05) is 18.2 Å². The number of alkyl halides is 3. The fourth-order valence-corrected chi connectivity index (χ4v) is 3.19. The smallest absolute Gasteiger partial charge is 0.346 e. The highest BCUT2D eigenvalue weighted by atomic mass is 19.4. The summed E-state index contributed by atoms with van der Waals surface area (Å²) < 4.78 is 38.6. The highest BCUT2D eigenvalue weighted by molar-refractivity contribution is 5.37. The second-order valence-corrected chi connectivity index (χ2v) is 6.48. The molecule has 0 aromatic carbocycles. The summed E-state index contributed by atoms with van der Waals surface area (Å²) in [6, 6.07) is 2.26. The molecule has 0 bridgehead atoms. The second-order valence-electron chi connectivity index (χ2n) is 6.48. The topological polar surface area (TPSA) is 50.5 Å². The molecule has 3 N–H and O–H groups in total. The lowest BCUT2D eigenvalue weighted by atomic mass is 10.2. The molecule has 0 aliphatic carbocycles. The van der Waals surface area contributed by atoms with Crippen molar-refractivity contribution in [2.45, 2.75) is 33.0 Å². The molecule has 5 nitrogen and oxygen atoms in total. The number of quaternary nitrogens is 1. The Morgan fingerprint density at radius 3 is 2.64 bits per heavy atom. The van der Waals surface area contributed by atoms with Crippen LogP contribution in [0, 0.1) is 6.92 Å². The first-order valence-corrected chi connectivity index (χ1v) is 8.58. The number of aromatic nitrogens is 3. The SMILES string of the molecule is CCc1nc(C[NH+]2CCN(c3cc(C(F)(F)F)cc[nH+]3)CC2)c(C)[nH]1. The van der Waals surface area contributed by atoms with E-state index >= 15 is 0 Å². The van der Waals surface area contributed by atoms with Gasteiger partial charge in [0.15, 0.2) is 0 Å². The van der Waals surface area contributed by atoms with Crippen LogP contribution < -0.4 is 14.8 Å². The summed E-state index contributed by atoms with van der Waals surface area (Å²) >= 11 is 0. The van der Waals surface area contributed by atoms with Gasteiger partial charge in [0.25, 0.3) is 5.82 Å². The fourth-order valence-electron chi connectivity index (χ4n) is 3.19. The van der Waals surface area contributed by atoms with Crippen LogP contribution in [-0.2, 0) is 19.1 Å². The zero-order valence-corrected chi connectivity index (χ0v) is 14.5. The number of aromatic amines is 2. The summed E-state index contributed by atoms with van der Waals surface area (Å²) in [7, 11) is 0. The van der Waals surface area contributed by atoms with Gasteiger partial charge < -0.3 is 9.88 Å². The molecule has 0 amide bonds. The van der Waals surface area contributed by atoms with Crippen LogP contribution in [0.1, 0.15) is 29.7 Å². The van der Waals surface area contributed by atoms with Crippen LogP contribution in [-0.4, -0.2) is 36.1 Å². The van der Waals surface area contributed by atoms with E-state index in [0.717, 1.165) is 62.4 Å². The number of hydrogen-bond acceptors (Lipinski definition) is 2. The first-order chi connectivity index (χ1) is 11.9. The molecule has 0 atom stereocenters. The lowest BCUT2D eigenvalue weighted by molar-refractivity contribution is -0.914. The van der Waals surface area contributed by atoms with Crippen LogP contribution in [0.15, 0.2) is 18.3 Å². The van der Waals surface area contributed by atoms with Crippen LogP contribution in [0.5, 0.6) is 0 Å². The number of anilines is 1. The standard InChI is InChI=1S/C17H22F3N5/c1-3-15-22-12(2)14(23-15)11-24-6-8-25(9-7-24)16-10-13(4-5-21-16)17(18,19)20/h4-5,10H,3,6-9,11H2,1-2H3,(H,22,23)/p+2. The number of pyridine rings is 1. The number of hydrogen-bond donors (Lipinski definition) is 2. The van der Waals surface area contributed by atoms with Crippen LogP contribution >= 0.6 is 0 Å². The molecule has 0 saturated carbocycles. The first-order valence-electron chi connectivity index (χ1n) is 8.58. The van der Waals surface area contributed by atoms with Crippen LogP contribution in [0.4, 0.5) is 19.0 Å². The lowest BCUT2D eigenvalue weighted by Gasteiger charge is -2.28. The van der Waals surface area contributed by atoms with Gasteiger partial charge in [0.2, 0.25) is 0 Å². The van der Waals surface area contributed by atoms with Crippen molar-refractivity contribution in [3.63, 3.8) is 0 Å². The van der Waals surface area contributed by atoms with E-state index < -0.39 is 11.7 Å². The molecule has 2 aromatic heterocycles. The van der Waals surface area contributed by atoms with E-state index in [2.05, 4.69) is 21.9 Å². The van der Waals surface area contributed by atoms with Gasteiger partial charge in [-0.3, -0.25) is 4.90 Å². The van der Waals surface area contributed by atoms with E-state index in [1.165, 1.54) is 17.2 Å². The minimum absolute atomic E-state index is 0.526. The van der Waals surface area contributed by atoms with Gasteiger partial charge in [-0.05, 0) is 13.0 Å². The molecule has 2 aromatic rings. The molecule has 0 unspecified atom stereocenters. The molecule has 8 heteroatoms. The summed E-state index contributed by atoms with van der Waals surface area (Å²) in [6.07, 6.45) is -2.07. The van der Waals surface area contributed by atoms with Gasteiger partial charge in [0.05, 0.1) is 11.8 Å². The molecule has 3 heterocycles. The minimum atomic E-state index is -4.31. The average Bonchev–Trinajstić information content (AvgIpc) is 2.95. The van der Waals surface area contributed by atoms with Crippen LogP contribution in [0.25, 0.3) is 0 Å². The molecular weight excluding hydrogens is 331 g/mol. The van der Waals surface area contributed by atoms with Crippen LogP contribution in [0.3, 0.4) is 0 Å². The van der Waals surface area contributed by atoms with Gasteiger partial charge in [-0.25, -0.2) is 9.97 Å². The van der Waals surface area contributed by atoms with E-state index in [1.807, 2.05) is 11.8 Å². The number of piperazine rings is 1. The van der Waals surface area contributed by atoms with Crippen molar-refractivity contribution in [2.75, 3.05) is 31.1 Å². The molecule has 1 aliphatic rings. The van der Waals surface area contributed by atoms with E-state index in [-0.39, 0.29) is 0 Å². The predicted molar refractivity (Wildman–Crippen MR) is 87.3 cm³/mol. The highest BCUT2D eigenvalue weighted by Gasteiger charge is 2.34. The molecule has 0 radical (unpaired) electrons. The third-order valence-electron chi connectivity index (χ3n) is 4.71. The van der Waals surface area contributed by atoms with Gasteiger partial charge >= 0.3 is 6.18 Å². The summed E-state index contributed by atoms with van der Waals surface area (Å²) in [5, 5.41) is 0. The number of aryl methyl sites for hydroxylation is 2. The van der Waals surface area contributed by atoms with E-state index in [4.69, 9.17) is 0 Å². The predicted octanol–water partition coefficient (Wildman–Crippen LogP) is 1.02. The van der Waals surface area contributed by atoms with Crippen molar-refractivity contribution in [2.24, 2.45) is 0 Å². The van der Waals surface area contributed by atoms with Crippen LogP contribution in [0.2, 0.25) is 0 Å². The normalized spacial score (nSPS) is 16.4. The molecule has 136 valence electrons. The third-order valence-corrected chi connectivity index (χ3v) is 4.71. The number of H-pyrrole nitrogens is 2. The van der Waals surface area contributed by atoms with Gasteiger partial charge in [-0.1, -0.05) is 6.92 Å². The van der Waals surface area contributed by atoms with Gasteiger partial charge in [0.1, 0.15) is 44.2 Å². The first kappa shape index (κ1) is 17.7. The summed E-state index contributed by atoms with van der Waals surface area (Å²) in [5.74, 6) is 1.53. The number of rotatable bonds is 4. The Bertz CT molecular complexity index is 717. The Kier molecular flexibility index (Phi) is 4.99. The maximum atomic E-state index is 12.9. The van der Waals surface area contributed by atoms with Gasteiger partial charge in [-0.2, -0.15) is 13.2 Å². The molecule has 1 saturated heterocycles. The van der Waals surface area contributed by atoms with Crippen molar-refractivity contribution in [3.8, 4) is 0 Å². The van der Waals surface area contributed by atoms with Gasteiger partial charge in [-0.15, -0.1) is 0 Å². The zero-order valence-electron chi connectivity index (χ0n) is 14.5. The molecule has 25 heavy (non-hydrogen) atoms. The molecule has 1 aliphatic heterocycles. The Morgan fingerprint density at radius 2 is 2.04 bits per heavy atom. The van der Waals surface area contributed by atoms with Crippen molar-refractivity contribution >= 4 is 5.82 Å². The summed E-state index contributed by atoms with van der Waals surface area (Å²) in [5.41, 5.74) is 1.58. The number of halogens is 3. The molecule has 0 spiro atoms. The van der Waals surface area contributed by atoms with Crippen molar-refractivity contribution < 1.29 is 23.1 Å². The zero-order chi connectivity index (χ0) is 18.0. The average molecular weight is 355 g/mol. The lowest BCUT2D eigenvalue weighted by Crippen LogP contribution is -3.13. The number of nitrogens with zero attached hydrogens (tertiary/aromatic N) is 2. The minimum Gasteiger partial charge on any atom is -0.346 e. The van der Waals surface area contributed by atoms with E-state index in [0.29, 0.717) is 5.82 Å². The molecule has 3 rings (SSSR count). The Balaban J connectivity index is 1.61. The molecular formula is C17H24F3N5+2. The van der Waals surface area contributed by atoms with E-state index in [1.54, 1.807) is 0 Å². The van der Waals surface area contributed by atoms with Crippen molar-refractivity contribution in [1.29, 1.82) is 0 Å². The number of nitrogens with one attached hydrogen (secondary N) is 3. The Hall–Kier alpha value is -2.09. The maximum Gasteiger partial charge on any atom is 0.416 e. The highest BCUT2D eigenvalue weighted by Crippen LogP contribution is 2.29. The second kappa shape index (κ2) is 7.03. The van der Waals surface area contributed by atoms with Crippen molar-refractivity contribution in [1.82, 2.24) is 9.97 Å². The van der Waals surface area contributed by atoms with Crippen molar-refractivity contribution in [3.05, 3.63) is 41.1 Å². The quantitative estimate of drug-likeness (QED) is 0.860. The third kappa shape index (κ3) is 4.12. The Morgan fingerprint density at radius 1 is 1.32 bits per heavy atom. The molecule has 1 fully saturated rings. The van der Waals surface area contributed by atoms with E-state index in [9.17, 15) is 13.2 Å². The fraction of sp³-hybridized carbons (Fsp3) is 0.529. The monoisotopic (exact) mass is 355 g/mol.